The lowest BCUT2D eigenvalue weighted by Crippen LogP contribution is -1.58. The molecule has 2 heteroatoms. The van der Waals surface area contributed by atoms with Gasteiger partial charge in [0.25, 0.3) is 0 Å². The normalized spacial score (nSPS) is 14.5. The van der Waals surface area contributed by atoms with Crippen LogP contribution in [0.1, 0.15) is 0 Å². The molecule has 0 atom stereocenters. The summed E-state index contributed by atoms with van der Waals surface area (Å²) in [6, 6.07) is 8.56. The van der Waals surface area contributed by atoms with Crippen molar-refractivity contribution < 1.29 is 0 Å². The first kappa shape index (κ1) is 4.77. The number of hydrogen-bond acceptors (Lipinski definition) is 2. The smallest absolute Gasteiger partial charge is 0.0197 e. The molecule has 0 nitrogen and oxygen atoms in total. The first-order valence-corrected chi connectivity index (χ1v) is 4.55. The molecular weight excluding hydrogens is 136 g/mol. The van der Waals surface area contributed by atoms with Gasteiger partial charge in [-0.2, -0.15) is 0 Å². The zero-order valence-electron chi connectivity index (χ0n) is 4.13. The molecule has 2 bridgehead atoms. The van der Waals surface area contributed by atoms with Crippen LogP contribution < -0.4 is 0 Å². The standard InChI is InChI=1S/C6H4S2/c1-2-5-4-6(3-1)8-7-5/h1-4H. The van der Waals surface area contributed by atoms with E-state index >= 15 is 0 Å². The van der Waals surface area contributed by atoms with Gasteiger partial charge in [0.05, 0.1) is 0 Å². The van der Waals surface area contributed by atoms with Gasteiger partial charge in [0, 0.05) is 9.79 Å². The summed E-state index contributed by atoms with van der Waals surface area (Å²) in [6.07, 6.45) is 0. The quantitative estimate of drug-likeness (QED) is 0.508. The molecular formula is C6H4S2. The Morgan fingerprint density at radius 2 is 1.62 bits per heavy atom. The first-order valence-electron chi connectivity index (χ1n) is 2.40. The molecule has 0 aliphatic carbocycles. The maximum atomic E-state index is 2.20. The van der Waals surface area contributed by atoms with E-state index in [-0.39, 0.29) is 0 Å². The van der Waals surface area contributed by atoms with Crippen molar-refractivity contribution in [2.75, 3.05) is 0 Å². The molecule has 1 aromatic rings. The third kappa shape index (κ3) is 0.644. The van der Waals surface area contributed by atoms with Crippen molar-refractivity contribution in [3.05, 3.63) is 24.3 Å². The Bertz CT molecular complexity index is 188. The minimum absolute atomic E-state index is 1.38. The molecule has 1 aliphatic heterocycles. The first-order chi connectivity index (χ1) is 3.95. The lowest BCUT2D eigenvalue weighted by Gasteiger charge is -1.79. The molecule has 1 aliphatic rings. The highest BCUT2D eigenvalue weighted by molar-refractivity contribution is 8.77. The van der Waals surface area contributed by atoms with E-state index in [1.807, 2.05) is 21.6 Å². The molecule has 8 heavy (non-hydrogen) atoms. The topological polar surface area (TPSA) is 0 Å². The molecule has 0 unspecified atom stereocenters. The number of benzene rings is 1. The zero-order chi connectivity index (χ0) is 5.40. The molecule has 1 heterocycles. The molecule has 0 fully saturated rings. The lowest BCUT2D eigenvalue weighted by molar-refractivity contribution is 1.36. The second kappa shape index (κ2) is 1.71. The Labute approximate surface area is 56.1 Å². The van der Waals surface area contributed by atoms with Crippen molar-refractivity contribution in [1.29, 1.82) is 0 Å². The van der Waals surface area contributed by atoms with E-state index in [9.17, 15) is 0 Å². The zero-order valence-corrected chi connectivity index (χ0v) is 5.76. The van der Waals surface area contributed by atoms with Crippen molar-refractivity contribution in [3.63, 3.8) is 0 Å². The summed E-state index contributed by atoms with van der Waals surface area (Å²) < 4.78 is 0. The molecule has 0 radical (unpaired) electrons. The fraction of sp³-hybridized carbons (Fsp3) is 0. The Morgan fingerprint density at radius 3 is 2.12 bits per heavy atom. The van der Waals surface area contributed by atoms with Crippen LogP contribution in [0.5, 0.6) is 0 Å². The van der Waals surface area contributed by atoms with E-state index in [0.29, 0.717) is 0 Å². The van der Waals surface area contributed by atoms with Crippen molar-refractivity contribution in [2.24, 2.45) is 0 Å². The Morgan fingerprint density at radius 1 is 1.00 bits per heavy atom. The summed E-state index contributed by atoms with van der Waals surface area (Å²) in [4.78, 5) is 2.76. The average Bonchev–Trinajstić information content (AvgIpc) is 2.12. The fourth-order valence-corrected chi connectivity index (χ4v) is 2.76. The van der Waals surface area contributed by atoms with Gasteiger partial charge in [-0.1, -0.05) is 27.7 Å². The largest absolute Gasteiger partial charge is 0.0600 e. The third-order valence-corrected chi connectivity index (χ3v) is 3.42. The molecule has 0 saturated heterocycles. The molecule has 0 saturated carbocycles. The molecule has 0 aromatic heterocycles. The minimum atomic E-state index is 1.38. The van der Waals surface area contributed by atoms with Gasteiger partial charge in [-0.25, -0.2) is 0 Å². The van der Waals surface area contributed by atoms with E-state index in [1.165, 1.54) is 9.79 Å². The van der Waals surface area contributed by atoms with Crippen LogP contribution in [0.2, 0.25) is 0 Å². The highest BCUT2D eigenvalue weighted by Gasteiger charge is 2.04. The fourth-order valence-electron chi connectivity index (χ4n) is 0.674. The predicted molar refractivity (Wildman–Crippen MR) is 38.2 cm³/mol. The lowest BCUT2D eigenvalue weighted by atomic mass is 10.4. The number of rotatable bonds is 0. The molecule has 1 aromatic carbocycles. The summed E-state index contributed by atoms with van der Waals surface area (Å²) in [5, 5.41) is 0. The monoisotopic (exact) mass is 140 g/mol. The Hall–Kier alpha value is -0.0800. The van der Waals surface area contributed by atoms with Crippen molar-refractivity contribution in [1.82, 2.24) is 0 Å². The second-order valence-corrected chi connectivity index (χ2v) is 3.92. The van der Waals surface area contributed by atoms with Gasteiger partial charge >= 0.3 is 0 Å². The Kier molecular flexibility index (Phi) is 1.02. The maximum Gasteiger partial charge on any atom is 0.0197 e. The van der Waals surface area contributed by atoms with Gasteiger partial charge in [0.2, 0.25) is 0 Å². The van der Waals surface area contributed by atoms with Crippen LogP contribution in [0.25, 0.3) is 0 Å². The van der Waals surface area contributed by atoms with Gasteiger partial charge in [0.1, 0.15) is 0 Å². The highest BCUT2D eigenvalue weighted by atomic mass is 33.1. The summed E-state index contributed by atoms with van der Waals surface area (Å²) in [6.45, 7) is 0. The molecule has 0 amide bonds. The van der Waals surface area contributed by atoms with Gasteiger partial charge in [-0.3, -0.25) is 0 Å². The maximum absolute atomic E-state index is 2.20. The molecule has 2 rings (SSSR count). The number of fused-ring (bicyclic) bond motifs is 2. The summed E-state index contributed by atoms with van der Waals surface area (Å²) in [5.41, 5.74) is 0. The van der Waals surface area contributed by atoms with Crippen LogP contribution in [-0.4, -0.2) is 0 Å². The van der Waals surface area contributed by atoms with Crippen molar-refractivity contribution in [3.8, 4) is 0 Å². The van der Waals surface area contributed by atoms with Crippen LogP contribution in [0, 0.1) is 0 Å². The molecule has 40 valence electrons. The van der Waals surface area contributed by atoms with E-state index in [0.717, 1.165) is 0 Å². The van der Waals surface area contributed by atoms with Gasteiger partial charge in [-0.15, -0.1) is 0 Å². The van der Waals surface area contributed by atoms with Gasteiger partial charge < -0.3 is 0 Å². The molecule has 0 spiro atoms. The predicted octanol–water partition coefficient (Wildman–Crippen LogP) is 2.80. The van der Waals surface area contributed by atoms with Crippen LogP contribution >= 0.6 is 21.6 Å². The highest BCUT2D eigenvalue weighted by Crippen LogP contribution is 2.44. The van der Waals surface area contributed by atoms with E-state index in [4.69, 9.17) is 0 Å². The van der Waals surface area contributed by atoms with Crippen molar-refractivity contribution >= 4 is 21.6 Å². The number of hydrogen-bond donors (Lipinski definition) is 0. The average molecular weight is 140 g/mol. The van der Waals surface area contributed by atoms with Crippen molar-refractivity contribution in [2.45, 2.75) is 9.79 Å². The van der Waals surface area contributed by atoms with Gasteiger partial charge in [-0.05, 0) is 18.2 Å². The Balaban J connectivity index is 2.66. The van der Waals surface area contributed by atoms with Crippen LogP contribution in [0.3, 0.4) is 0 Å². The van der Waals surface area contributed by atoms with Crippen LogP contribution in [-0.2, 0) is 0 Å². The molecule has 0 N–H and O–H groups in total. The van der Waals surface area contributed by atoms with E-state index in [2.05, 4.69) is 24.3 Å². The van der Waals surface area contributed by atoms with E-state index in [1.54, 1.807) is 0 Å². The summed E-state index contributed by atoms with van der Waals surface area (Å²) in [5.74, 6) is 0. The minimum Gasteiger partial charge on any atom is -0.0600 e. The van der Waals surface area contributed by atoms with Crippen LogP contribution in [0.4, 0.5) is 0 Å². The third-order valence-electron chi connectivity index (χ3n) is 1.04. The van der Waals surface area contributed by atoms with Crippen LogP contribution in [0.15, 0.2) is 34.1 Å². The SMILES string of the molecule is c1cc2cc(c1)SS2. The second-order valence-electron chi connectivity index (χ2n) is 1.64. The summed E-state index contributed by atoms with van der Waals surface area (Å²) >= 11 is 0. The van der Waals surface area contributed by atoms with E-state index < -0.39 is 0 Å². The van der Waals surface area contributed by atoms with Gasteiger partial charge in [0.15, 0.2) is 0 Å². The summed E-state index contributed by atoms with van der Waals surface area (Å²) in [7, 11) is 3.67.